The Morgan fingerprint density at radius 1 is 1.08 bits per heavy atom. The van der Waals surface area contributed by atoms with Gasteiger partial charge in [-0.25, -0.2) is 13.2 Å². The van der Waals surface area contributed by atoms with Crippen LogP contribution in [0.3, 0.4) is 0 Å². The van der Waals surface area contributed by atoms with E-state index in [2.05, 4.69) is 5.32 Å². The van der Waals surface area contributed by atoms with Crippen molar-refractivity contribution in [2.75, 3.05) is 16.8 Å². The van der Waals surface area contributed by atoms with Crippen molar-refractivity contribution in [3.05, 3.63) is 58.9 Å². The van der Waals surface area contributed by atoms with Crippen molar-refractivity contribution in [3.63, 3.8) is 0 Å². The van der Waals surface area contributed by atoms with Crippen LogP contribution >= 0.6 is 11.6 Å². The molecule has 0 saturated heterocycles. The molecule has 4 nitrogen and oxygen atoms in total. The average Bonchev–Trinajstić information content (AvgIpc) is 2.49. The van der Waals surface area contributed by atoms with E-state index < -0.39 is 35.8 Å². The molecule has 2 rings (SSSR count). The summed E-state index contributed by atoms with van der Waals surface area (Å²) in [5, 5.41) is 2.24. The molecule has 2 aromatic rings. The first-order chi connectivity index (χ1) is 11.3. The lowest BCUT2D eigenvalue weighted by molar-refractivity contribution is -0.120. The van der Waals surface area contributed by atoms with Crippen LogP contribution in [-0.2, 0) is 9.59 Å². The van der Waals surface area contributed by atoms with Gasteiger partial charge in [-0.15, -0.1) is 0 Å². The Kier molecular flexibility index (Phi) is 5.46. The predicted molar refractivity (Wildman–Crippen MR) is 84.4 cm³/mol. The van der Waals surface area contributed by atoms with Crippen LogP contribution in [0.25, 0.3) is 0 Å². The van der Waals surface area contributed by atoms with E-state index >= 15 is 0 Å². The standard InChI is InChI=1S/C16H12ClF3N2O2/c1-9(23)22(15-5-2-10(18)6-14(15)20)8-16(24)21-11-3-4-13(19)12(17)7-11/h2-7H,8H2,1H3,(H,21,24). The van der Waals surface area contributed by atoms with E-state index in [4.69, 9.17) is 11.6 Å². The summed E-state index contributed by atoms with van der Waals surface area (Å²) in [7, 11) is 0. The van der Waals surface area contributed by atoms with E-state index in [9.17, 15) is 22.8 Å². The number of anilines is 2. The van der Waals surface area contributed by atoms with Gasteiger partial charge in [0.25, 0.3) is 0 Å². The molecule has 0 aliphatic rings. The van der Waals surface area contributed by atoms with Crippen LogP contribution < -0.4 is 10.2 Å². The van der Waals surface area contributed by atoms with E-state index in [0.29, 0.717) is 6.07 Å². The summed E-state index contributed by atoms with van der Waals surface area (Å²) >= 11 is 5.61. The Morgan fingerprint density at radius 2 is 1.79 bits per heavy atom. The van der Waals surface area contributed by atoms with Gasteiger partial charge in [0.2, 0.25) is 11.8 Å². The Balaban J connectivity index is 2.16. The Hall–Kier alpha value is -2.54. The minimum Gasteiger partial charge on any atom is -0.324 e. The molecule has 0 aromatic heterocycles. The van der Waals surface area contributed by atoms with Gasteiger partial charge >= 0.3 is 0 Å². The first-order valence-corrected chi connectivity index (χ1v) is 7.14. The van der Waals surface area contributed by atoms with Crippen LogP contribution in [-0.4, -0.2) is 18.4 Å². The molecule has 2 amide bonds. The van der Waals surface area contributed by atoms with Gasteiger partial charge in [-0.05, 0) is 30.3 Å². The summed E-state index contributed by atoms with van der Waals surface area (Å²) in [5.41, 5.74) is -0.00864. The van der Waals surface area contributed by atoms with Gasteiger partial charge in [-0.3, -0.25) is 9.59 Å². The second kappa shape index (κ2) is 7.35. The van der Waals surface area contributed by atoms with Crippen molar-refractivity contribution in [2.24, 2.45) is 0 Å². The maximum atomic E-state index is 13.8. The van der Waals surface area contributed by atoms with Gasteiger partial charge in [0.1, 0.15) is 24.0 Å². The van der Waals surface area contributed by atoms with Gasteiger partial charge in [0.05, 0.1) is 10.7 Å². The second-order valence-corrected chi connectivity index (χ2v) is 5.29. The van der Waals surface area contributed by atoms with E-state index in [1.807, 2.05) is 0 Å². The highest BCUT2D eigenvalue weighted by molar-refractivity contribution is 6.31. The predicted octanol–water partition coefficient (Wildman–Crippen LogP) is 3.75. The van der Waals surface area contributed by atoms with Gasteiger partial charge in [0, 0.05) is 18.7 Å². The fourth-order valence-electron chi connectivity index (χ4n) is 1.98. The van der Waals surface area contributed by atoms with E-state index in [0.717, 1.165) is 30.0 Å². The van der Waals surface area contributed by atoms with Crippen LogP contribution in [0.5, 0.6) is 0 Å². The number of hydrogen-bond donors (Lipinski definition) is 1. The number of amides is 2. The summed E-state index contributed by atoms with van der Waals surface area (Å²) < 4.78 is 39.9. The monoisotopic (exact) mass is 356 g/mol. The van der Waals surface area contributed by atoms with Crippen LogP contribution in [0.15, 0.2) is 36.4 Å². The molecule has 0 saturated carbocycles. The Bertz CT molecular complexity index is 799. The minimum absolute atomic E-state index is 0.180. The number of hydrogen-bond acceptors (Lipinski definition) is 2. The molecule has 0 unspecified atom stereocenters. The molecule has 1 N–H and O–H groups in total. The maximum absolute atomic E-state index is 13.8. The zero-order chi connectivity index (χ0) is 17.9. The molecule has 0 bridgehead atoms. The Morgan fingerprint density at radius 3 is 2.38 bits per heavy atom. The van der Waals surface area contributed by atoms with Crippen molar-refractivity contribution in [1.82, 2.24) is 0 Å². The molecule has 0 aliphatic heterocycles. The Labute approximate surface area is 140 Å². The lowest BCUT2D eigenvalue weighted by atomic mass is 10.2. The third-order valence-corrected chi connectivity index (χ3v) is 3.38. The molecular formula is C16H12ClF3N2O2. The third-order valence-electron chi connectivity index (χ3n) is 3.09. The molecule has 0 heterocycles. The number of halogens is 4. The molecule has 0 radical (unpaired) electrons. The van der Waals surface area contributed by atoms with E-state index in [-0.39, 0.29) is 16.4 Å². The average molecular weight is 357 g/mol. The maximum Gasteiger partial charge on any atom is 0.244 e. The van der Waals surface area contributed by atoms with E-state index in [1.54, 1.807) is 0 Å². The normalized spacial score (nSPS) is 10.4. The number of nitrogens with one attached hydrogen (secondary N) is 1. The minimum atomic E-state index is -0.970. The molecule has 0 aliphatic carbocycles. The summed E-state index contributed by atoms with van der Waals surface area (Å²) in [6, 6.07) is 6.21. The van der Waals surface area contributed by atoms with Crippen LogP contribution in [0, 0.1) is 17.5 Å². The number of benzene rings is 2. The van der Waals surface area contributed by atoms with Crippen molar-refractivity contribution in [2.45, 2.75) is 6.92 Å². The highest BCUT2D eigenvalue weighted by Crippen LogP contribution is 2.22. The van der Waals surface area contributed by atoms with Crippen molar-refractivity contribution in [1.29, 1.82) is 0 Å². The van der Waals surface area contributed by atoms with Crippen LogP contribution in [0.4, 0.5) is 24.5 Å². The van der Waals surface area contributed by atoms with Crippen molar-refractivity contribution < 1.29 is 22.8 Å². The van der Waals surface area contributed by atoms with Crippen LogP contribution in [0.1, 0.15) is 6.92 Å². The fraction of sp³-hybridized carbons (Fsp3) is 0.125. The summed E-state index contributed by atoms with van der Waals surface area (Å²) in [5.74, 6) is -3.68. The lowest BCUT2D eigenvalue weighted by Gasteiger charge is -2.21. The van der Waals surface area contributed by atoms with E-state index in [1.165, 1.54) is 12.1 Å². The molecule has 126 valence electrons. The highest BCUT2D eigenvalue weighted by Gasteiger charge is 2.19. The second-order valence-electron chi connectivity index (χ2n) is 4.88. The van der Waals surface area contributed by atoms with Gasteiger partial charge in [0.15, 0.2) is 0 Å². The largest absolute Gasteiger partial charge is 0.324 e. The quantitative estimate of drug-likeness (QED) is 0.907. The van der Waals surface area contributed by atoms with Crippen molar-refractivity contribution >= 4 is 34.8 Å². The molecule has 2 aromatic carbocycles. The van der Waals surface area contributed by atoms with Gasteiger partial charge in [-0.1, -0.05) is 11.6 Å². The summed E-state index contributed by atoms with van der Waals surface area (Å²) in [6.07, 6.45) is 0. The molecule has 8 heteroatoms. The topological polar surface area (TPSA) is 49.4 Å². The summed E-state index contributed by atoms with van der Waals surface area (Å²) in [6.45, 7) is 0.637. The molecule has 24 heavy (non-hydrogen) atoms. The van der Waals surface area contributed by atoms with Gasteiger partial charge < -0.3 is 10.2 Å². The van der Waals surface area contributed by atoms with Gasteiger partial charge in [-0.2, -0.15) is 0 Å². The zero-order valence-corrected chi connectivity index (χ0v) is 13.2. The number of carbonyl (C=O) groups excluding carboxylic acids is 2. The summed E-state index contributed by atoms with van der Waals surface area (Å²) in [4.78, 5) is 24.6. The first-order valence-electron chi connectivity index (χ1n) is 6.76. The number of nitrogens with zero attached hydrogens (tertiary/aromatic N) is 1. The molecule has 0 spiro atoms. The molecule has 0 atom stereocenters. The third kappa shape index (κ3) is 4.26. The van der Waals surface area contributed by atoms with Crippen LogP contribution in [0.2, 0.25) is 5.02 Å². The zero-order valence-electron chi connectivity index (χ0n) is 12.4. The lowest BCUT2D eigenvalue weighted by Crippen LogP contribution is -2.37. The number of carbonyl (C=O) groups is 2. The SMILES string of the molecule is CC(=O)N(CC(=O)Nc1ccc(F)c(Cl)c1)c1ccc(F)cc1F. The smallest absolute Gasteiger partial charge is 0.244 e. The molecule has 0 fully saturated rings. The molecular weight excluding hydrogens is 345 g/mol. The fourth-order valence-corrected chi connectivity index (χ4v) is 2.16. The highest BCUT2D eigenvalue weighted by atomic mass is 35.5. The first kappa shape index (κ1) is 17.8. The number of rotatable bonds is 4. The van der Waals surface area contributed by atoms with Crippen molar-refractivity contribution in [3.8, 4) is 0 Å².